The van der Waals surface area contributed by atoms with Gasteiger partial charge in [0.25, 0.3) is 0 Å². The van der Waals surface area contributed by atoms with Crippen LogP contribution in [0.15, 0.2) is 18.2 Å². The van der Waals surface area contributed by atoms with Gasteiger partial charge in [-0.05, 0) is 24.1 Å². The number of carboxylic acids is 2. The van der Waals surface area contributed by atoms with Gasteiger partial charge in [0.15, 0.2) is 0 Å². The second kappa shape index (κ2) is 5.62. The lowest BCUT2D eigenvalue weighted by atomic mass is 10.1. The van der Waals surface area contributed by atoms with Crippen LogP contribution in [0.3, 0.4) is 0 Å². The Morgan fingerprint density at radius 3 is 2.40 bits per heavy atom. The van der Waals surface area contributed by atoms with E-state index in [-0.39, 0.29) is 23.0 Å². The van der Waals surface area contributed by atoms with E-state index >= 15 is 0 Å². The predicted molar refractivity (Wildman–Crippen MR) is 74.6 cm³/mol. The first-order chi connectivity index (χ1) is 9.43. The van der Waals surface area contributed by atoms with E-state index in [4.69, 9.17) is 10.2 Å². The molecule has 0 aliphatic carbocycles. The van der Waals surface area contributed by atoms with Crippen LogP contribution >= 0.6 is 15.9 Å². The minimum absolute atomic E-state index is 0.0890. The van der Waals surface area contributed by atoms with Gasteiger partial charge in [-0.3, -0.25) is 4.79 Å². The van der Waals surface area contributed by atoms with Crippen LogP contribution < -0.4 is 4.90 Å². The molecule has 0 aromatic heterocycles. The van der Waals surface area contributed by atoms with Gasteiger partial charge in [0.1, 0.15) is 0 Å². The number of carbonyl (C=O) groups is 3. The number of hydrogen-bond acceptors (Lipinski definition) is 3. The number of amides is 1. The van der Waals surface area contributed by atoms with Crippen molar-refractivity contribution in [3.05, 3.63) is 29.3 Å². The minimum atomic E-state index is -1.33. The smallest absolute Gasteiger partial charge is 0.336 e. The van der Waals surface area contributed by atoms with Gasteiger partial charge >= 0.3 is 11.9 Å². The van der Waals surface area contributed by atoms with E-state index in [2.05, 4.69) is 15.9 Å². The van der Waals surface area contributed by atoms with Crippen molar-refractivity contribution in [2.45, 2.75) is 6.42 Å². The fourth-order valence-electron chi connectivity index (χ4n) is 2.20. The van der Waals surface area contributed by atoms with Gasteiger partial charge in [-0.15, -0.1) is 0 Å². The molecule has 1 aliphatic rings. The van der Waals surface area contributed by atoms with E-state index in [1.54, 1.807) is 0 Å². The molecule has 7 heteroatoms. The molecule has 1 aromatic carbocycles. The largest absolute Gasteiger partial charge is 0.478 e. The monoisotopic (exact) mass is 341 g/mol. The van der Waals surface area contributed by atoms with E-state index in [0.717, 1.165) is 0 Å². The quantitative estimate of drug-likeness (QED) is 0.814. The highest BCUT2D eigenvalue weighted by Crippen LogP contribution is 2.28. The lowest BCUT2D eigenvalue weighted by Gasteiger charge is -2.17. The lowest BCUT2D eigenvalue weighted by Crippen LogP contribution is -2.25. The molecule has 20 heavy (non-hydrogen) atoms. The Balaban J connectivity index is 2.39. The summed E-state index contributed by atoms with van der Waals surface area (Å²) in [4.78, 5) is 35.5. The molecule has 1 atom stereocenters. The molecule has 1 fully saturated rings. The lowest BCUT2D eigenvalue weighted by molar-refractivity contribution is -0.117. The number of halogens is 1. The first-order valence-corrected chi connectivity index (χ1v) is 7.03. The van der Waals surface area contributed by atoms with E-state index < -0.39 is 11.9 Å². The highest BCUT2D eigenvalue weighted by atomic mass is 79.9. The molecule has 2 N–H and O–H groups in total. The third-order valence-electron chi connectivity index (χ3n) is 3.20. The zero-order valence-electron chi connectivity index (χ0n) is 10.4. The summed E-state index contributed by atoms with van der Waals surface area (Å²) in [5.74, 6) is -2.54. The number of alkyl halides is 1. The van der Waals surface area contributed by atoms with Crippen molar-refractivity contribution in [3.63, 3.8) is 0 Å². The van der Waals surface area contributed by atoms with Gasteiger partial charge in [0.05, 0.1) is 11.1 Å². The van der Waals surface area contributed by atoms with Gasteiger partial charge in [0.2, 0.25) is 5.91 Å². The summed E-state index contributed by atoms with van der Waals surface area (Å²) in [6.07, 6.45) is 0.397. The van der Waals surface area contributed by atoms with Crippen molar-refractivity contribution in [2.24, 2.45) is 5.92 Å². The molecule has 1 unspecified atom stereocenters. The number of anilines is 1. The fourth-order valence-corrected chi connectivity index (χ4v) is 2.63. The SMILES string of the molecule is O=C(O)c1ccc(N2CC(CBr)CC2=O)cc1C(=O)O. The molecule has 6 nitrogen and oxygen atoms in total. The molecular weight excluding hydrogens is 330 g/mol. The van der Waals surface area contributed by atoms with Crippen LogP contribution in [-0.4, -0.2) is 39.9 Å². The first-order valence-electron chi connectivity index (χ1n) is 5.91. The van der Waals surface area contributed by atoms with Gasteiger partial charge < -0.3 is 15.1 Å². The number of carbonyl (C=O) groups excluding carboxylic acids is 1. The minimum Gasteiger partial charge on any atom is -0.478 e. The van der Waals surface area contributed by atoms with Crippen LogP contribution in [0.25, 0.3) is 0 Å². The van der Waals surface area contributed by atoms with E-state index in [0.29, 0.717) is 24.0 Å². The zero-order valence-corrected chi connectivity index (χ0v) is 12.0. The maximum absolute atomic E-state index is 11.9. The Bertz CT molecular complexity index is 586. The topological polar surface area (TPSA) is 94.9 Å². The second-order valence-corrected chi connectivity index (χ2v) is 5.22. The Morgan fingerprint density at radius 1 is 1.25 bits per heavy atom. The molecule has 0 saturated carbocycles. The van der Waals surface area contributed by atoms with Gasteiger partial charge in [-0.25, -0.2) is 9.59 Å². The molecule has 1 aromatic rings. The molecule has 0 bridgehead atoms. The molecule has 1 aliphatic heterocycles. The van der Waals surface area contributed by atoms with E-state index in [1.807, 2.05) is 0 Å². The summed E-state index contributed by atoms with van der Waals surface area (Å²) in [6.45, 7) is 0.496. The number of nitrogens with zero attached hydrogens (tertiary/aromatic N) is 1. The van der Waals surface area contributed by atoms with E-state index in [9.17, 15) is 14.4 Å². The number of benzene rings is 1. The van der Waals surface area contributed by atoms with Gasteiger partial charge in [-0.1, -0.05) is 15.9 Å². The van der Waals surface area contributed by atoms with Crippen molar-refractivity contribution in [1.29, 1.82) is 0 Å². The normalized spacial score (nSPS) is 18.4. The third-order valence-corrected chi connectivity index (χ3v) is 4.11. The van der Waals surface area contributed by atoms with Crippen LogP contribution in [0, 0.1) is 5.92 Å². The Hall–Kier alpha value is -1.89. The van der Waals surface area contributed by atoms with Crippen LogP contribution in [0.5, 0.6) is 0 Å². The first kappa shape index (κ1) is 14.5. The van der Waals surface area contributed by atoms with Crippen molar-refractivity contribution in [2.75, 3.05) is 16.8 Å². The van der Waals surface area contributed by atoms with Crippen LogP contribution in [-0.2, 0) is 4.79 Å². The molecule has 1 saturated heterocycles. The predicted octanol–water partition coefficient (Wildman–Crippen LogP) is 1.83. The van der Waals surface area contributed by atoms with Crippen LogP contribution in [0.1, 0.15) is 27.1 Å². The Morgan fingerprint density at radius 2 is 1.90 bits per heavy atom. The van der Waals surface area contributed by atoms with Gasteiger partial charge in [-0.2, -0.15) is 0 Å². The molecule has 106 valence electrons. The second-order valence-electron chi connectivity index (χ2n) is 4.57. The standard InChI is InChI=1S/C13H12BrNO5/c14-5-7-3-11(16)15(6-7)8-1-2-9(12(17)18)10(4-8)13(19)20/h1-2,4,7H,3,5-6H2,(H,17,18)(H,19,20). The summed E-state index contributed by atoms with van der Waals surface area (Å²) in [7, 11) is 0. The summed E-state index contributed by atoms with van der Waals surface area (Å²) < 4.78 is 0. The number of aromatic carboxylic acids is 2. The molecule has 0 spiro atoms. The summed E-state index contributed by atoms with van der Waals surface area (Å²) in [5, 5.41) is 18.7. The molecule has 0 radical (unpaired) electrons. The highest BCUT2D eigenvalue weighted by Gasteiger charge is 2.30. The number of rotatable bonds is 4. The third kappa shape index (κ3) is 2.67. The van der Waals surface area contributed by atoms with Crippen LogP contribution in [0.4, 0.5) is 5.69 Å². The summed E-state index contributed by atoms with van der Waals surface area (Å²) >= 11 is 3.32. The maximum Gasteiger partial charge on any atom is 0.336 e. The molecule has 1 heterocycles. The Kier molecular flexibility index (Phi) is 4.08. The molecule has 2 rings (SSSR count). The average Bonchev–Trinajstić information content (AvgIpc) is 2.79. The van der Waals surface area contributed by atoms with Crippen molar-refractivity contribution in [1.82, 2.24) is 0 Å². The average molecular weight is 342 g/mol. The zero-order chi connectivity index (χ0) is 14.9. The molecule has 1 amide bonds. The highest BCUT2D eigenvalue weighted by molar-refractivity contribution is 9.09. The van der Waals surface area contributed by atoms with Gasteiger partial charge in [0, 0.05) is 24.0 Å². The summed E-state index contributed by atoms with van der Waals surface area (Å²) in [5.41, 5.74) is -0.184. The number of hydrogen-bond donors (Lipinski definition) is 2. The van der Waals surface area contributed by atoms with Crippen molar-refractivity contribution < 1.29 is 24.6 Å². The molecular formula is C13H12BrNO5. The van der Waals surface area contributed by atoms with E-state index in [1.165, 1.54) is 23.1 Å². The Labute approximate surface area is 123 Å². The fraction of sp³-hybridized carbons (Fsp3) is 0.308. The number of carboxylic acid groups (broad SMARTS) is 2. The van der Waals surface area contributed by atoms with Crippen LogP contribution in [0.2, 0.25) is 0 Å². The summed E-state index contributed by atoms with van der Waals surface area (Å²) in [6, 6.07) is 3.92. The van der Waals surface area contributed by atoms with Crippen molar-refractivity contribution in [3.8, 4) is 0 Å². The maximum atomic E-state index is 11.9. The van der Waals surface area contributed by atoms with Crippen molar-refractivity contribution >= 4 is 39.5 Å².